The molecule has 3 heteroatoms. The lowest BCUT2D eigenvalue weighted by Gasteiger charge is -2.08. The zero-order valence-corrected chi connectivity index (χ0v) is 9.55. The highest BCUT2D eigenvalue weighted by Crippen LogP contribution is 2.30. The molecule has 0 atom stereocenters. The topological polar surface area (TPSA) is 26.0 Å². The minimum absolute atomic E-state index is 0.357. The van der Waals surface area contributed by atoms with E-state index in [1.54, 1.807) is 18.2 Å². The van der Waals surface area contributed by atoms with Crippen LogP contribution in [0.15, 0.2) is 36.4 Å². The maximum Gasteiger partial charge on any atom is 0.132 e. The van der Waals surface area contributed by atoms with Crippen LogP contribution in [0.2, 0.25) is 5.02 Å². The van der Waals surface area contributed by atoms with Crippen LogP contribution in [0.25, 0.3) is 11.1 Å². The lowest BCUT2D eigenvalue weighted by Crippen LogP contribution is -1.93. The van der Waals surface area contributed by atoms with E-state index >= 15 is 0 Å². The van der Waals surface area contributed by atoms with Crippen molar-refractivity contribution in [3.8, 4) is 11.1 Å². The molecule has 0 saturated carbocycles. The van der Waals surface area contributed by atoms with Gasteiger partial charge in [0.05, 0.1) is 0 Å². The van der Waals surface area contributed by atoms with Crippen LogP contribution in [0.4, 0.5) is 10.1 Å². The van der Waals surface area contributed by atoms with Gasteiger partial charge in [-0.1, -0.05) is 23.2 Å². The molecule has 16 heavy (non-hydrogen) atoms. The van der Waals surface area contributed by atoms with Gasteiger partial charge in [-0.15, -0.1) is 0 Å². The highest BCUT2D eigenvalue weighted by atomic mass is 35.5. The number of hydrogen-bond donors (Lipinski definition) is 1. The predicted molar refractivity (Wildman–Crippen MR) is 66.0 cm³/mol. The summed E-state index contributed by atoms with van der Waals surface area (Å²) in [6.45, 7) is 1.94. The average Bonchev–Trinajstić information content (AvgIpc) is 2.22. The number of nitrogens with two attached hydrogens (primary N) is 1. The Labute approximate surface area is 98.7 Å². The molecule has 2 aromatic carbocycles. The molecule has 0 bridgehead atoms. The molecule has 2 aromatic rings. The van der Waals surface area contributed by atoms with Gasteiger partial charge in [0.25, 0.3) is 0 Å². The van der Waals surface area contributed by atoms with Crippen molar-refractivity contribution < 1.29 is 4.39 Å². The molecule has 0 aliphatic rings. The minimum Gasteiger partial charge on any atom is -0.398 e. The molecule has 1 nitrogen and oxygen atoms in total. The normalized spacial score (nSPS) is 10.4. The molecular weight excluding hydrogens is 225 g/mol. The molecule has 0 aliphatic carbocycles. The van der Waals surface area contributed by atoms with Gasteiger partial charge in [0.1, 0.15) is 5.82 Å². The Hall–Kier alpha value is -1.54. The van der Waals surface area contributed by atoms with Crippen LogP contribution in [0.5, 0.6) is 0 Å². The fraction of sp³-hybridized carbons (Fsp3) is 0.0769. The van der Waals surface area contributed by atoms with Crippen molar-refractivity contribution in [2.24, 2.45) is 0 Å². The number of hydrogen-bond acceptors (Lipinski definition) is 1. The highest BCUT2D eigenvalue weighted by Gasteiger charge is 2.08. The molecule has 0 spiro atoms. The summed E-state index contributed by atoms with van der Waals surface area (Å²) in [5, 5.41) is 0.382. The summed E-state index contributed by atoms with van der Waals surface area (Å²) in [6, 6.07) is 10.1. The van der Waals surface area contributed by atoms with Gasteiger partial charge < -0.3 is 5.73 Å². The van der Waals surface area contributed by atoms with Crippen LogP contribution in [-0.2, 0) is 0 Å². The summed E-state index contributed by atoms with van der Waals surface area (Å²) in [7, 11) is 0. The van der Waals surface area contributed by atoms with Crippen LogP contribution in [0.1, 0.15) is 5.56 Å². The zero-order valence-electron chi connectivity index (χ0n) is 8.80. The first-order chi connectivity index (χ1) is 7.58. The van der Waals surface area contributed by atoms with Crippen LogP contribution >= 0.6 is 11.6 Å². The van der Waals surface area contributed by atoms with Gasteiger partial charge in [-0.2, -0.15) is 0 Å². The highest BCUT2D eigenvalue weighted by molar-refractivity contribution is 6.30. The zero-order chi connectivity index (χ0) is 11.7. The van der Waals surface area contributed by atoms with Crippen LogP contribution in [-0.4, -0.2) is 0 Å². The fourth-order valence-electron chi connectivity index (χ4n) is 1.61. The van der Waals surface area contributed by atoms with E-state index in [-0.39, 0.29) is 5.82 Å². The van der Waals surface area contributed by atoms with E-state index in [4.69, 9.17) is 17.3 Å². The second-order valence-electron chi connectivity index (χ2n) is 3.71. The number of benzene rings is 2. The molecule has 0 aliphatic heterocycles. The molecule has 0 fully saturated rings. The van der Waals surface area contributed by atoms with Crippen LogP contribution < -0.4 is 5.73 Å². The Bertz CT molecular complexity index is 537. The first-order valence-corrected chi connectivity index (χ1v) is 5.27. The summed E-state index contributed by atoms with van der Waals surface area (Å²) >= 11 is 5.70. The molecule has 2 N–H and O–H groups in total. The summed E-state index contributed by atoms with van der Waals surface area (Å²) in [4.78, 5) is 0. The van der Waals surface area contributed by atoms with E-state index in [1.165, 1.54) is 6.07 Å². The Morgan fingerprint density at radius 1 is 1.06 bits per heavy atom. The van der Waals surface area contributed by atoms with E-state index in [1.807, 2.05) is 19.1 Å². The fourth-order valence-corrected chi connectivity index (χ4v) is 1.77. The van der Waals surface area contributed by atoms with Crippen molar-refractivity contribution in [2.45, 2.75) is 6.92 Å². The van der Waals surface area contributed by atoms with Gasteiger partial charge in [-0.25, -0.2) is 4.39 Å². The van der Waals surface area contributed by atoms with Gasteiger partial charge in [0.2, 0.25) is 0 Å². The van der Waals surface area contributed by atoms with Crippen molar-refractivity contribution >= 4 is 17.3 Å². The number of aryl methyl sites for hydroxylation is 1. The third kappa shape index (κ3) is 2.02. The van der Waals surface area contributed by atoms with E-state index in [9.17, 15) is 4.39 Å². The lowest BCUT2D eigenvalue weighted by molar-refractivity contribution is 0.631. The standard InChI is InChI=1S/C13H11ClFN/c1-8-2-5-13(16)11(6-8)10-4-3-9(14)7-12(10)15/h2-7H,16H2,1H3. The van der Waals surface area contributed by atoms with E-state index < -0.39 is 0 Å². The van der Waals surface area contributed by atoms with E-state index in [0.717, 1.165) is 5.56 Å². The van der Waals surface area contributed by atoms with E-state index in [2.05, 4.69) is 0 Å². The summed E-state index contributed by atoms with van der Waals surface area (Å²) in [6.07, 6.45) is 0. The van der Waals surface area contributed by atoms with Gasteiger partial charge >= 0.3 is 0 Å². The Morgan fingerprint density at radius 3 is 2.50 bits per heavy atom. The van der Waals surface area contributed by atoms with Crippen molar-refractivity contribution in [1.29, 1.82) is 0 Å². The Balaban J connectivity index is 2.62. The number of halogens is 2. The number of rotatable bonds is 1. The maximum absolute atomic E-state index is 13.7. The van der Waals surface area contributed by atoms with Gasteiger partial charge in [0.15, 0.2) is 0 Å². The second-order valence-corrected chi connectivity index (χ2v) is 4.15. The van der Waals surface area contributed by atoms with Gasteiger partial charge in [0, 0.05) is 21.8 Å². The summed E-state index contributed by atoms with van der Waals surface area (Å²) in [5.74, 6) is -0.357. The largest absolute Gasteiger partial charge is 0.398 e. The average molecular weight is 236 g/mol. The molecule has 0 unspecified atom stereocenters. The molecule has 0 radical (unpaired) electrons. The monoisotopic (exact) mass is 235 g/mol. The maximum atomic E-state index is 13.7. The van der Waals surface area contributed by atoms with Crippen LogP contribution in [0, 0.1) is 12.7 Å². The molecular formula is C13H11ClFN. The third-order valence-corrected chi connectivity index (χ3v) is 2.67. The van der Waals surface area contributed by atoms with Gasteiger partial charge in [-0.3, -0.25) is 0 Å². The first kappa shape index (κ1) is 11.0. The van der Waals surface area contributed by atoms with E-state index in [0.29, 0.717) is 21.8 Å². The quantitative estimate of drug-likeness (QED) is 0.742. The molecule has 82 valence electrons. The third-order valence-electron chi connectivity index (χ3n) is 2.43. The Morgan fingerprint density at radius 2 is 1.81 bits per heavy atom. The number of nitrogen functional groups attached to an aromatic ring is 1. The van der Waals surface area contributed by atoms with Crippen molar-refractivity contribution in [3.05, 3.63) is 52.8 Å². The molecule has 2 rings (SSSR count). The number of anilines is 1. The smallest absolute Gasteiger partial charge is 0.132 e. The second kappa shape index (κ2) is 4.14. The lowest BCUT2D eigenvalue weighted by atomic mass is 10.0. The molecule has 0 heterocycles. The van der Waals surface area contributed by atoms with Gasteiger partial charge in [-0.05, 0) is 37.3 Å². The molecule has 0 amide bonds. The Kier molecular flexibility index (Phi) is 2.84. The van der Waals surface area contributed by atoms with Crippen molar-refractivity contribution in [2.75, 3.05) is 5.73 Å². The molecule has 0 saturated heterocycles. The SMILES string of the molecule is Cc1ccc(N)c(-c2ccc(Cl)cc2F)c1. The first-order valence-electron chi connectivity index (χ1n) is 4.89. The van der Waals surface area contributed by atoms with Crippen molar-refractivity contribution in [3.63, 3.8) is 0 Å². The molecule has 0 aromatic heterocycles. The summed E-state index contributed by atoms with van der Waals surface area (Å²) < 4.78 is 13.7. The predicted octanol–water partition coefficient (Wildman–Crippen LogP) is 4.04. The van der Waals surface area contributed by atoms with Crippen LogP contribution in [0.3, 0.4) is 0 Å². The van der Waals surface area contributed by atoms with Crippen molar-refractivity contribution in [1.82, 2.24) is 0 Å². The summed E-state index contributed by atoms with van der Waals surface area (Å²) in [5.41, 5.74) is 8.61. The minimum atomic E-state index is -0.357.